The number of likely N-dealkylation sites (tertiary alicyclic amines) is 1. The van der Waals surface area contributed by atoms with Crippen LogP contribution in [-0.2, 0) is 0 Å². The number of fused-ring (bicyclic) bond motifs is 5. The Morgan fingerprint density at radius 3 is 2.77 bits per heavy atom. The summed E-state index contributed by atoms with van der Waals surface area (Å²) in [5, 5.41) is 1.17. The maximum Gasteiger partial charge on any atom is 0.0765 e. The van der Waals surface area contributed by atoms with E-state index < -0.39 is 0 Å². The van der Waals surface area contributed by atoms with Gasteiger partial charge in [0.05, 0.1) is 11.6 Å². The fraction of sp³-hybridized carbons (Fsp3) is 0.261. The van der Waals surface area contributed by atoms with Gasteiger partial charge in [-0.1, -0.05) is 36.9 Å². The number of rotatable bonds is 3. The summed E-state index contributed by atoms with van der Waals surface area (Å²) >= 11 is 0. The Balaban J connectivity index is 1.70. The lowest BCUT2D eigenvalue weighted by Gasteiger charge is -2.19. The van der Waals surface area contributed by atoms with Crippen LogP contribution in [0.25, 0.3) is 27.6 Å². The van der Waals surface area contributed by atoms with Crippen LogP contribution in [0.15, 0.2) is 55.2 Å². The van der Waals surface area contributed by atoms with E-state index in [2.05, 4.69) is 47.9 Å². The standard InChI is InChI=1S/C23H23N3/c1-15(14-26-11-4-5-12-26)19-13-20-16-7-2-3-8-17(16)22(24)21(20)23-18(19)9-6-10-25-23/h2-3,6-10,13,22H,1,4-5,11-12,14,24H2. The average molecular weight is 341 g/mol. The molecule has 1 atom stereocenters. The first kappa shape index (κ1) is 15.7. The van der Waals surface area contributed by atoms with Crippen LogP contribution in [0.1, 0.15) is 35.6 Å². The molecule has 1 aliphatic heterocycles. The smallest absolute Gasteiger partial charge is 0.0765 e. The summed E-state index contributed by atoms with van der Waals surface area (Å²) in [6, 6.07) is 14.8. The van der Waals surface area contributed by atoms with Gasteiger partial charge < -0.3 is 5.73 Å². The molecule has 26 heavy (non-hydrogen) atoms. The molecule has 1 aliphatic carbocycles. The first-order valence-electron chi connectivity index (χ1n) is 9.41. The molecule has 0 bridgehead atoms. The van der Waals surface area contributed by atoms with Crippen molar-refractivity contribution in [2.24, 2.45) is 5.73 Å². The highest BCUT2D eigenvalue weighted by Gasteiger charge is 2.29. The molecule has 3 aromatic rings. The minimum Gasteiger partial charge on any atom is -0.320 e. The minimum absolute atomic E-state index is 0.112. The van der Waals surface area contributed by atoms with Gasteiger partial charge in [-0.05, 0) is 65.9 Å². The molecule has 1 fully saturated rings. The number of aromatic nitrogens is 1. The molecule has 130 valence electrons. The second-order valence-electron chi connectivity index (χ2n) is 7.44. The summed E-state index contributed by atoms with van der Waals surface area (Å²) in [4.78, 5) is 7.22. The van der Waals surface area contributed by atoms with Gasteiger partial charge in [-0.15, -0.1) is 0 Å². The van der Waals surface area contributed by atoms with Crippen molar-refractivity contribution in [3.05, 3.63) is 71.9 Å². The van der Waals surface area contributed by atoms with Crippen molar-refractivity contribution in [1.82, 2.24) is 9.88 Å². The van der Waals surface area contributed by atoms with Crippen LogP contribution in [0.2, 0.25) is 0 Å². The zero-order valence-corrected chi connectivity index (χ0v) is 14.9. The van der Waals surface area contributed by atoms with Crippen molar-refractivity contribution in [2.75, 3.05) is 19.6 Å². The Morgan fingerprint density at radius 1 is 1.12 bits per heavy atom. The van der Waals surface area contributed by atoms with E-state index in [1.54, 1.807) is 0 Å². The Kier molecular flexibility index (Phi) is 3.66. The van der Waals surface area contributed by atoms with Crippen molar-refractivity contribution >= 4 is 16.5 Å². The molecule has 1 saturated heterocycles. The molecule has 0 amide bonds. The van der Waals surface area contributed by atoms with Crippen LogP contribution in [-0.4, -0.2) is 29.5 Å². The Morgan fingerprint density at radius 2 is 1.92 bits per heavy atom. The van der Waals surface area contributed by atoms with E-state index in [0.29, 0.717) is 0 Å². The molecule has 2 heterocycles. The predicted octanol–water partition coefficient (Wildman–Crippen LogP) is 4.37. The number of nitrogens with zero attached hydrogens (tertiary/aromatic N) is 2. The number of nitrogens with two attached hydrogens (primary N) is 1. The summed E-state index contributed by atoms with van der Waals surface area (Å²) in [6.45, 7) is 7.71. The Bertz CT molecular complexity index is 1020. The molecule has 0 radical (unpaired) electrons. The molecule has 5 rings (SSSR count). The van der Waals surface area contributed by atoms with Crippen LogP contribution in [0.3, 0.4) is 0 Å². The van der Waals surface area contributed by atoms with Crippen LogP contribution >= 0.6 is 0 Å². The van der Waals surface area contributed by atoms with Gasteiger partial charge in [-0.3, -0.25) is 9.88 Å². The van der Waals surface area contributed by atoms with Gasteiger partial charge in [0.25, 0.3) is 0 Å². The van der Waals surface area contributed by atoms with E-state index in [1.165, 1.54) is 59.1 Å². The Labute approximate surface area is 154 Å². The molecule has 2 aliphatic rings. The van der Waals surface area contributed by atoms with Gasteiger partial charge >= 0.3 is 0 Å². The molecule has 0 saturated carbocycles. The third-order valence-corrected chi connectivity index (χ3v) is 5.82. The molecule has 1 aromatic heterocycles. The lowest BCUT2D eigenvalue weighted by molar-refractivity contribution is 0.383. The highest BCUT2D eigenvalue weighted by molar-refractivity contribution is 6.00. The summed E-state index contributed by atoms with van der Waals surface area (Å²) < 4.78 is 0. The molecule has 0 spiro atoms. The van der Waals surface area contributed by atoms with E-state index in [1.807, 2.05) is 12.3 Å². The fourth-order valence-electron chi connectivity index (χ4n) is 4.56. The predicted molar refractivity (Wildman–Crippen MR) is 108 cm³/mol. The van der Waals surface area contributed by atoms with Gasteiger partial charge in [0.15, 0.2) is 0 Å². The fourth-order valence-corrected chi connectivity index (χ4v) is 4.56. The number of hydrogen-bond acceptors (Lipinski definition) is 3. The molecular formula is C23H23N3. The SMILES string of the molecule is C=C(CN1CCCC1)c1cc2c(c3ncccc13)C(N)c1ccccc1-2. The molecule has 3 heteroatoms. The molecule has 1 unspecified atom stereocenters. The van der Waals surface area contributed by atoms with Gasteiger partial charge in [-0.25, -0.2) is 0 Å². The molecule has 3 nitrogen and oxygen atoms in total. The summed E-state index contributed by atoms with van der Waals surface area (Å²) in [5.41, 5.74) is 14.8. The first-order chi connectivity index (χ1) is 12.7. The number of benzene rings is 2. The first-order valence-corrected chi connectivity index (χ1v) is 9.41. The average Bonchev–Trinajstić information content (AvgIpc) is 3.28. The Hall–Kier alpha value is -2.49. The number of pyridine rings is 1. The van der Waals surface area contributed by atoms with Crippen molar-refractivity contribution in [1.29, 1.82) is 0 Å². The normalized spacial score (nSPS) is 18.9. The van der Waals surface area contributed by atoms with Crippen molar-refractivity contribution in [3.8, 4) is 11.1 Å². The highest BCUT2D eigenvalue weighted by Crippen LogP contribution is 2.46. The third-order valence-electron chi connectivity index (χ3n) is 5.82. The number of hydrogen-bond donors (Lipinski definition) is 1. The molecular weight excluding hydrogens is 318 g/mol. The maximum absolute atomic E-state index is 6.61. The van der Waals surface area contributed by atoms with Crippen molar-refractivity contribution in [2.45, 2.75) is 18.9 Å². The second kappa shape index (κ2) is 6.04. The van der Waals surface area contributed by atoms with Crippen LogP contribution in [0.5, 0.6) is 0 Å². The monoisotopic (exact) mass is 341 g/mol. The van der Waals surface area contributed by atoms with Gasteiger partial charge in [0, 0.05) is 23.7 Å². The third kappa shape index (κ3) is 2.32. The molecule has 2 aromatic carbocycles. The zero-order chi connectivity index (χ0) is 17.7. The van der Waals surface area contributed by atoms with E-state index in [4.69, 9.17) is 10.7 Å². The van der Waals surface area contributed by atoms with Crippen molar-refractivity contribution < 1.29 is 0 Å². The quantitative estimate of drug-likeness (QED) is 0.769. The van der Waals surface area contributed by atoms with Gasteiger partial charge in [0.2, 0.25) is 0 Å². The second-order valence-corrected chi connectivity index (χ2v) is 7.44. The van der Waals surface area contributed by atoms with Crippen LogP contribution in [0.4, 0.5) is 0 Å². The maximum atomic E-state index is 6.61. The van der Waals surface area contributed by atoms with Crippen molar-refractivity contribution in [3.63, 3.8) is 0 Å². The summed E-state index contributed by atoms with van der Waals surface area (Å²) in [6.07, 6.45) is 4.45. The largest absolute Gasteiger partial charge is 0.320 e. The summed E-state index contributed by atoms with van der Waals surface area (Å²) in [7, 11) is 0. The van der Waals surface area contributed by atoms with E-state index in [-0.39, 0.29) is 6.04 Å². The van der Waals surface area contributed by atoms with Gasteiger partial charge in [-0.2, -0.15) is 0 Å². The van der Waals surface area contributed by atoms with E-state index in [9.17, 15) is 0 Å². The van der Waals surface area contributed by atoms with Crippen LogP contribution in [0, 0.1) is 0 Å². The highest BCUT2D eigenvalue weighted by atomic mass is 15.1. The van der Waals surface area contributed by atoms with Crippen LogP contribution < -0.4 is 5.73 Å². The molecule has 2 N–H and O–H groups in total. The van der Waals surface area contributed by atoms with Gasteiger partial charge in [0.1, 0.15) is 0 Å². The lowest BCUT2D eigenvalue weighted by atomic mass is 9.93. The van der Waals surface area contributed by atoms with E-state index in [0.717, 1.165) is 17.6 Å². The minimum atomic E-state index is -0.112. The summed E-state index contributed by atoms with van der Waals surface area (Å²) in [5.74, 6) is 0. The zero-order valence-electron chi connectivity index (χ0n) is 14.9. The van der Waals surface area contributed by atoms with E-state index >= 15 is 0 Å². The lowest BCUT2D eigenvalue weighted by Crippen LogP contribution is -2.21. The topological polar surface area (TPSA) is 42.2 Å².